The number of nitrogens with one attached hydrogen (secondary N) is 1. The Balaban J connectivity index is 2.08. The van der Waals surface area contributed by atoms with Gasteiger partial charge in [-0.2, -0.15) is 0 Å². The van der Waals surface area contributed by atoms with Crippen molar-refractivity contribution in [1.82, 2.24) is 10.1 Å². The summed E-state index contributed by atoms with van der Waals surface area (Å²) in [5, 5.41) is 4.32. The van der Waals surface area contributed by atoms with Gasteiger partial charge in [0.05, 0.1) is 10.6 Å². The fourth-order valence-corrected chi connectivity index (χ4v) is 1.97. The van der Waals surface area contributed by atoms with Gasteiger partial charge in [0.25, 0.3) is 0 Å². The maximum Gasteiger partial charge on any atom is 0.237 e. The maximum atomic E-state index is 5.92. The normalized spacial score (nSPS) is 10.4. The molecule has 0 atom stereocenters. The molecule has 0 saturated carbocycles. The average Bonchev–Trinajstić information content (AvgIpc) is 2.59. The number of aryl methyl sites for hydroxylation is 1. The Hall–Kier alpha value is -1.20. The van der Waals surface area contributed by atoms with Crippen LogP contribution in [0.4, 0.5) is 5.88 Å². The zero-order valence-corrected chi connectivity index (χ0v) is 10.4. The Bertz CT molecular complexity index is 501. The summed E-state index contributed by atoms with van der Waals surface area (Å²) in [6.45, 7) is 3.84. The molecule has 0 spiro atoms. The van der Waals surface area contributed by atoms with Crippen LogP contribution >= 0.6 is 23.5 Å². The minimum Gasteiger partial charge on any atom is -0.337 e. The van der Waals surface area contributed by atoms with Gasteiger partial charge in [0.2, 0.25) is 5.88 Å². The molecule has 0 amide bonds. The van der Waals surface area contributed by atoms with Crippen LogP contribution in [0, 0.1) is 13.8 Å². The van der Waals surface area contributed by atoms with Crippen LogP contribution in [0.1, 0.15) is 11.3 Å². The molecule has 2 heterocycles. The Morgan fingerprint density at radius 1 is 1.44 bits per heavy atom. The third-order valence-corrected chi connectivity index (χ3v) is 3.39. The first-order valence-electron chi connectivity index (χ1n) is 4.64. The molecule has 84 valence electrons. The predicted octanol–water partition coefficient (Wildman–Crippen LogP) is 3.46. The van der Waals surface area contributed by atoms with Crippen molar-refractivity contribution < 1.29 is 4.52 Å². The lowest BCUT2D eigenvalue weighted by atomic mass is 10.3. The molecule has 0 aliphatic heterocycles. The number of hydrogen-bond donors (Lipinski definition) is 1. The highest BCUT2D eigenvalue weighted by atomic mass is 35.5. The monoisotopic (exact) mass is 255 g/mol. The summed E-state index contributed by atoms with van der Waals surface area (Å²) in [5.74, 6) is 0.641. The van der Waals surface area contributed by atoms with E-state index in [1.165, 1.54) is 11.9 Å². The van der Waals surface area contributed by atoms with Gasteiger partial charge in [-0.3, -0.25) is 4.72 Å². The molecule has 4 nitrogen and oxygen atoms in total. The fraction of sp³-hybridized carbons (Fsp3) is 0.200. The molecule has 16 heavy (non-hydrogen) atoms. The first-order valence-corrected chi connectivity index (χ1v) is 5.84. The van der Waals surface area contributed by atoms with Crippen molar-refractivity contribution in [2.75, 3.05) is 4.72 Å². The molecule has 0 saturated heterocycles. The highest BCUT2D eigenvalue weighted by Crippen LogP contribution is 2.28. The topological polar surface area (TPSA) is 51.0 Å². The van der Waals surface area contributed by atoms with Crippen molar-refractivity contribution >= 4 is 29.4 Å². The highest BCUT2D eigenvalue weighted by Gasteiger charge is 2.09. The molecule has 0 unspecified atom stereocenters. The first kappa shape index (κ1) is 11.3. The second-order valence-corrected chi connectivity index (χ2v) is 4.42. The smallest absolute Gasteiger partial charge is 0.237 e. The van der Waals surface area contributed by atoms with E-state index in [0.717, 1.165) is 16.2 Å². The Labute approximate surface area is 103 Å². The van der Waals surface area contributed by atoms with E-state index in [2.05, 4.69) is 14.9 Å². The summed E-state index contributed by atoms with van der Waals surface area (Å²) in [5.41, 5.74) is 1.87. The second-order valence-electron chi connectivity index (χ2n) is 3.22. The molecule has 1 N–H and O–H groups in total. The summed E-state index contributed by atoms with van der Waals surface area (Å²) < 4.78 is 8.17. The number of pyridine rings is 1. The van der Waals surface area contributed by atoms with Crippen LogP contribution in [0.2, 0.25) is 5.15 Å². The Morgan fingerprint density at radius 3 is 2.88 bits per heavy atom. The molecular formula is C10H10ClN3OS. The van der Waals surface area contributed by atoms with E-state index in [1.54, 1.807) is 6.20 Å². The van der Waals surface area contributed by atoms with Crippen molar-refractivity contribution in [3.8, 4) is 0 Å². The van der Waals surface area contributed by atoms with Crippen LogP contribution in [-0.4, -0.2) is 10.1 Å². The Morgan fingerprint density at radius 2 is 2.25 bits per heavy atom. The summed E-state index contributed by atoms with van der Waals surface area (Å²) in [7, 11) is 0. The fourth-order valence-electron chi connectivity index (χ4n) is 1.06. The number of nitrogens with zero attached hydrogens (tertiary/aromatic N) is 2. The van der Waals surface area contributed by atoms with Crippen LogP contribution in [0.25, 0.3) is 0 Å². The van der Waals surface area contributed by atoms with Crippen molar-refractivity contribution in [2.45, 2.75) is 18.7 Å². The van der Waals surface area contributed by atoms with Crippen molar-refractivity contribution in [1.29, 1.82) is 0 Å². The predicted molar refractivity (Wildman–Crippen MR) is 64.7 cm³/mol. The van der Waals surface area contributed by atoms with Crippen LogP contribution in [0.5, 0.6) is 0 Å². The Kier molecular flexibility index (Phi) is 3.36. The molecule has 0 fully saturated rings. The number of hydrogen-bond acceptors (Lipinski definition) is 5. The van der Waals surface area contributed by atoms with Gasteiger partial charge in [-0.25, -0.2) is 4.98 Å². The van der Waals surface area contributed by atoms with Crippen LogP contribution in [0.15, 0.2) is 27.7 Å². The molecule has 6 heteroatoms. The number of anilines is 1. The van der Waals surface area contributed by atoms with Gasteiger partial charge in [0, 0.05) is 11.8 Å². The second kappa shape index (κ2) is 4.76. The van der Waals surface area contributed by atoms with Crippen molar-refractivity contribution in [3.05, 3.63) is 34.7 Å². The molecule has 2 aromatic heterocycles. The van der Waals surface area contributed by atoms with Crippen LogP contribution in [-0.2, 0) is 0 Å². The first-order chi connectivity index (χ1) is 7.68. The third-order valence-electron chi connectivity index (χ3n) is 2.14. The highest BCUT2D eigenvalue weighted by molar-refractivity contribution is 8.00. The minimum atomic E-state index is 0.467. The lowest BCUT2D eigenvalue weighted by Gasteiger charge is -2.03. The van der Waals surface area contributed by atoms with E-state index >= 15 is 0 Å². The van der Waals surface area contributed by atoms with Gasteiger partial charge in [-0.05, 0) is 37.9 Å². The largest absolute Gasteiger partial charge is 0.337 e. The average molecular weight is 256 g/mol. The van der Waals surface area contributed by atoms with E-state index in [-0.39, 0.29) is 0 Å². The quantitative estimate of drug-likeness (QED) is 0.672. The van der Waals surface area contributed by atoms with E-state index < -0.39 is 0 Å². The number of aromatic nitrogens is 2. The SMILES string of the molecule is Cc1noc(NSc2cccnc2Cl)c1C. The summed E-state index contributed by atoms with van der Waals surface area (Å²) in [6.07, 6.45) is 1.65. The molecule has 0 radical (unpaired) electrons. The minimum absolute atomic E-state index is 0.467. The molecule has 0 aromatic carbocycles. The van der Waals surface area contributed by atoms with Crippen LogP contribution in [0.3, 0.4) is 0 Å². The van der Waals surface area contributed by atoms with Crippen LogP contribution < -0.4 is 4.72 Å². The van der Waals surface area contributed by atoms with Gasteiger partial charge in [-0.15, -0.1) is 0 Å². The van der Waals surface area contributed by atoms with Crippen molar-refractivity contribution in [3.63, 3.8) is 0 Å². The van der Waals surface area contributed by atoms with E-state index in [1.807, 2.05) is 26.0 Å². The summed E-state index contributed by atoms with van der Waals surface area (Å²) in [6, 6.07) is 3.71. The van der Waals surface area contributed by atoms with Gasteiger partial charge < -0.3 is 4.52 Å². The van der Waals surface area contributed by atoms with Gasteiger partial charge in [0.1, 0.15) is 5.15 Å². The lowest BCUT2D eigenvalue weighted by Crippen LogP contribution is -1.88. The van der Waals surface area contributed by atoms with Gasteiger partial charge in [-0.1, -0.05) is 16.8 Å². The van der Waals surface area contributed by atoms with Gasteiger partial charge >= 0.3 is 0 Å². The number of rotatable bonds is 3. The van der Waals surface area contributed by atoms with E-state index in [9.17, 15) is 0 Å². The maximum absolute atomic E-state index is 5.92. The van der Waals surface area contributed by atoms with E-state index in [0.29, 0.717) is 11.0 Å². The zero-order chi connectivity index (χ0) is 11.5. The molecule has 2 rings (SSSR count). The van der Waals surface area contributed by atoms with Gasteiger partial charge in [0.15, 0.2) is 0 Å². The standard InChI is InChI=1S/C10H10ClN3OS/c1-6-7(2)13-15-10(6)14-16-8-4-3-5-12-9(8)11/h3-5,14H,1-2H3. The zero-order valence-electron chi connectivity index (χ0n) is 8.82. The molecule has 2 aromatic rings. The molecule has 0 aliphatic carbocycles. The van der Waals surface area contributed by atoms with E-state index in [4.69, 9.17) is 16.1 Å². The number of halogens is 1. The third kappa shape index (κ3) is 2.31. The molecule has 0 bridgehead atoms. The molecule has 0 aliphatic rings. The van der Waals surface area contributed by atoms with Crippen molar-refractivity contribution in [2.24, 2.45) is 0 Å². The lowest BCUT2D eigenvalue weighted by molar-refractivity contribution is 0.431. The summed E-state index contributed by atoms with van der Waals surface area (Å²) >= 11 is 7.27. The summed E-state index contributed by atoms with van der Waals surface area (Å²) in [4.78, 5) is 4.82. The molecular weight excluding hydrogens is 246 g/mol.